The normalized spacial score (nSPS) is 10.5. The predicted molar refractivity (Wildman–Crippen MR) is 102 cm³/mol. The van der Waals surface area contributed by atoms with Gasteiger partial charge in [-0.3, -0.25) is 4.79 Å². The Balaban J connectivity index is 2.29. The largest absolute Gasteiger partial charge is 0.493 e. The number of aromatic amines is 1. The summed E-state index contributed by atoms with van der Waals surface area (Å²) in [6.45, 7) is 4.85. The highest BCUT2D eigenvalue weighted by Gasteiger charge is 2.18. The number of aromatic nitrogens is 2. The van der Waals surface area contributed by atoms with Gasteiger partial charge in [0.15, 0.2) is 5.82 Å². The van der Waals surface area contributed by atoms with Crippen LogP contribution in [0.5, 0.6) is 11.5 Å². The van der Waals surface area contributed by atoms with Crippen molar-refractivity contribution < 1.29 is 9.47 Å². The van der Waals surface area contributed by atoms with Gasteiger partial charge in [0.2, 0.25) is 0 Å². The van der Waals surface area contributed by atoms with Crippen LogP contribution >= 0.6 is 0 Å². The fourth-order valence-corrected chi connectivity index (χ4v) is 2.75. The Kier molecular flexibility index (Phi) is 5.22. The lowest BCUT2D eigenvalue weighted by Crippen LogP contribution is -2.16. The Hall–Kier alpha value is -3.28. The summed E-state index contributed by atoms with van der Waals surface area (Å²) in [5, 5.41) is 0. The molecule has 0 amide bonds. The molecule has 1 heterocycles. The van der Waals surface area contributed by atoms with Gasteiger partial charge in [0, 0.05) is 11.1 Å². The van der Waals surface area contributed by atoms with Crippen LogP contribution in [-0.4, -0.2) is 23.2 Å². The molecular formula is C20H21N3O3. The first kappa shape index (κ1) is 17.5. The first-order valence-electron chi connectivity index (χ1n) is 8.49. The smallest absolute Gasteiger partial charge is 0.290 e. The minimum atomic E-state index is -0.441. The summed E-state index contributed by atoms with van der Waals surface area (Å²) in [5.74, 6) is 1.24. The summed E-state index contributed by atoms with van der Waals surface area (Å²) in [6.07, 6.45) is 0. The lowest BCUT2D eigenvalue weighted by atomic mass is 10.0. The third-order valence-electron chi connectivity index (χ3n) is 3.84. The molecule has 3 rings (SSSR count). The molecule has 0 aliphatic rings. The van der Waals surface area contributed by atoms with Gasteiger partial charge in [-0.1, -0.05) is 24.3 Å². The van der Waals surface area contributed by atoms with E-state index in [9.17, 15) is 4.79 Å². The SMILES string of the molecule is CCOc1ccccc1-c1nc(N)c(=O)[nH]c1-c1ccccc1OCC. The van der Waals surface area contributed by atoms with E-state index < -0.39 is 5.56 Å². The molecule has 0 aliphatic carbocycles. The molecule has 26 heavy (non-hydrogen) atoms. The summed E-state index contributed by atoms with van der Waals surface area (Å²) < 4.78 is 11.4. The second-order valence-corrected chi connectivity index (χ2v) is 5.53. The Bertz CT molecular complexity index is 967. The summed E-state index contributed by atoms with van der Waals surface area (Å²) in [6, 6.07) is 15.0. The number of anilines is 1. The molecule has 134 valence electrons. The van der Waals surface area contributed by atoms with Crippen LogP contribution in [0.25, 0.3) is 22.5 Å². The van der Waals surface area contributed by atoms with Crippen LogP contribution < -0.4 is 20.8 Å². The third kappa shape index (κ3) is 3.39. The van der Waals surface area contributed by atoms with Crippen molar-refractivity contribution in [2.45, 2.75) is 13.8 Å². The van der Waals surface area contributed by atoms with E-state index in [2.05, 4.69) is 9.97 Å². The molecule has 0 aliphatic heterocycles. The fraction of sp³-hybridized carbons (Fsp3) is 0.200. The minimum Gasteiger partial charge on any atom is -0.493 e. The molecular weight excluding hydrogens is 330 g/mol. The number of hydrogen-bond acceptors (Lipinski definition) is 5. The standard InChI is InChI=1S/C20H21N3O3/c1-3-25-15-11-7-5-9-13(15)17-18(23-20(24)19(21)22-17)14-10-6-8-12-16(14)26-4-2/h5-12H,3-4H2,1-2H3,(H2,21,22)(H,23,24). The quantitative estimate of drug-likeness (QED) is 0.709. The van der Waals surface area contributed by atoms with Crippen LogP contribution in [0.4, 0.5) is 5.82 Å². The van der Waals surface area contributed by atoms with E-state index in [1.807, 2.05) is 62.4 Å². The number of hydrogen-bond donors (Lipinski definition) is 2. The Morgan fingerprint density at radius 2 is 1.46 bits per heavy atom. The average molecular weight is 351 g/mol. The topological polar surface area (TPSA) is 90.2 Å². The molecule has 0 fully saturated rings. The van der Waals surface area contributed by atoms with Crippen molar-refractivity contribution in [3.63, 3.8) is 0 Å². The van der Waals surface area contributed by atoms with E-state index in [1.165, 1.54) is 0 Å². The van der Waals surface area contributed by atoms with Crippen LogP contribution in [0.2, 0.25) is 0 Å². The maximum Gasteiger partial charge on any atom is 0.290 e. The molecule has 3 N–H and O–H groups in total. The van der Waals surface area contributed by atoms with E-state index in [0.717, 1.165) is 11.1 Å². The summed E-state index contributed by atoms with van der Waals surface area (Å²) in [7, 11) is 0. The van der Waals surface area contributed by atoms with Crippen molar-refractivity contribution in [3.8, 4) is 34.0 Å². The van der Waals surface area contributed by atoms with Gasteiger partial charge in [0.1, 0.15) is 17.2 Å². The fourth-order valence-electron chi connectivity index (χ4n) is 2.75. The second-order valence-electron chi connectivity index (χ2n) is 5.53. The molecule has 0 unspecified atom stereocenters. The Labute approximate surface area is 151 Å². The van der Waals surface area contributed by atoms with Crippen molar-refractivity contribution in [2.75, 3.05) is 18.9 Å². The van der Waals surface area contributed by atoms with Gasteiger partial charge >= 0.3 is 0 Å². The lowest BCUT2D eigenvalue weighted by molar-refractivity contribution is 0.341. The third-order valence-corrected chi connectivity index (χ3v) is 3.84. The number of nitrogen functional groups attached to an aromatic ring is 1. The molecule has 0 radical (unpaired) electrons. The average Bonchev–Trinajstić information content (AvgIpc) is 2.65. The molecule has 0 saturated carbocycles. The van der Waals surface area contributed by atoms with E-state index >= 15 is 0 Å². The van der Waals surface area contributed by atoms with Crippen LogP contribution in [0.3, 0.4) is 0 Å². The number of para-hydroxylation sites is 2. The minimum absolute atomic E-state index is 0.0936. The van der Waals surface area contributed by atoms with Gasteiger partial charge in [0.05, 0.1) is 18.9 Å². The molecule has 2 aromatic carbocycles. The number of nitrogens with one attached hydrogen (secondary N) is 1. The van der Waals surface area contributed by atoms with Gasteiger partial charge in [-0.25, -0.2) is 4.98 Å². The molecule has 0 spiro atoms. The first-order valence-corrected chi connectivity index (χ1v) is 8.49. The summed E-state index contributed by atoms with van der Waals surface area (Å²) >= 11 is 0. The zero-order chi connectivity index (χ0) is 18.5. The number of benzene rings is 2. The molecule has 6 nitrogen and oxygen atoms in total. The highest BCUT2D eigenvalue weighted by Crippen LogP contribution is 2.37. The number of ether oxygens (including phenoxy) is 2. The predicted octanol–water partition coefficient (Wildman–Crippen LogP) is 3.48. The monoisotopic (exact) mass is 351 g/mol. The lowest BCUT2D eigenvalue weighted by Gasteiger charge is -2.15. The van der Waals surface area contributed by atoms with Gasteiger partial charge in [-0.05, 0) is 38.1 Å². The number of H-pyrrole nitrogens is 1. The maximum atomic E-state index is 12.2. The zero-order valence-electron chi connectivity index (χ0n) is 14.8. The first-order chi connectivity index (χ1) is 12.7. The van der Waals surface area contributed by atoms with Crippen molar-refractivity contribution in [3.05, 3.63) is 58.9 Å². The van der Waals surface area contributed by atoms with Crippen molar-refractivity contribution in [2.24, 2.45) is 0 Å². The van der Waals surface area contributed by atoms with E-state index in [0.29, 0.717) is 36.1 Å². The second kappa shape index (κ2) is 7.74. The Morgan fingerprint density at radius 3 is 2.08 bits per heavy atom. The molecule has 0 atom stereocenters. The van der Waals surface area contributed by atoms with Crippen LogP contribution in [-0.2, 0) is 0 Å². The van der Waals surface area contributed by atoms with Crippen LogP contribution in [0.1, 0.15) is 13.8 Å². The van der Waals surface area contributed by atoms with Gasteiger partial charge < -0.3 is 20.2 Å². The maximum absolute atomic E-state index is 12.2. The van der Waals surface area contributed by atoms with Crippen LogP contribution in [0, 0.1) is 0 Å². The molecule has 1 aromatic heterocycles. The highest BCUT2D eigenvalue weighted by atomic mass is 16.5. The van der Waals surface area contributed by atoms with E-state index in [-0.39, 0.29) is 5.82 Å². The van der Waals surface area contributed by atoms with Crippen LogP contribution in [0.15, 0.2) is 53.3 Å². The molecule has 3 aromatic rings. The van der Waals surface area contributed by atoms with Crippen molar-refractivity contribution in [1.82, 2.24) is 9.97 Å². The van der Waals surface area contributed by atoms with Crippen molar-refractivity contribution >= 4 is 5.82 Å². The highest BCUT2D eigenvalue weighted by molar-refractivity contribution is 5.84. The number of rotatable bonds is 6. The number of nitrogens with two attached hydrogens (primary N) is 1. The summed E-state index contributed by atoms with van der Waals surface area (Å²) in [5.41, 5.74) is 7.93. The number of nitrogens with zero attached hydrogens (tertiary/aromatic N) is 1. The molecule has 6 heteroatoms. The van der Waals surface area contributed by atoms with Gasteiger partial charge in [0.25, 0.3) is 5.56 Å². The Morgan fingerprint density at radius 1 is 0.923 bits per heavy atom. The molecule has 0 saturated heterocycles. The summed E-state index contributed by atoms with van der Waals surface area (Å²) in [4.78, 5) is 19.4. The zero-order valence-corrected chi connectivity index (χ0v) is 14.8. The molecule has 0 bridgehead atoms. The van der Waals surface area contributed by atoms with E-state index in [4.69, 9.17) is 15.2 Å². The van der Waals surface area contributed by atoms with Crippen molar-refractivity contribution in [1.29, 1.82) is 0 Å². The van der Waals surface area contributed by atoms with Gasteiger partial charge in [-0.2, -0.15) is 0 Å². The van der Waals surface area contributed by atoms with E-state index in [1.54, 1.807) is 0 Å². The van der Waals surface area contributed by atoms with Gasteiger partial charge in [-0.15, -0.1) is 0 Å².